The topological polar surface area (TPSA) is 126 Å². The summed E-state index contributed by atoms with van der Waals surface area (Å²) >= 11 is -1.46. The molecule has 1 aromatic heterocycles. The first kappa shape index (κ1) is 24.4. The number of nitriles is 1. The summed E-state index contributed by atoms with van der Waals surface area (Å²) in [6.07, 6.45) is 1.49. The molecule has 0 saturated heterocycles. The molecular weight excluding hydrogens is 416 g/mol. The highest BCUT2D eigenvalue weighted by Gasteiger charge is 2.24. The van der Waals surface area contributed by atoms with Gasteiger partial charge in [-0.25, -0.2) is 5.48 Å². The summed E-state index contributed by atoms with van der Waals surface area (Å²) < 4.78 is 12.2. The molecule has 2 aromatic rings. The Labute approximate surface area is 186 Å². The lowest BCUT2D eigenvalue weighted by atomic mass is 9.96. The molecule has 0 fully saturated rings. The number of carbonyl (C=O) groups excluding carboxylic acids is 1. The van der Waals surface area contributed by atoms with Gasteiger partial charge in [-0.2, -0.15) is 15.2 Å². The van der Waals surface area contributed by atoms with Crippen LogP contribution in [-0.4, -0.2) is 47.4 Å². The minimum atomic E-state index is -1.46. The van der Waals surface area contributed by atoms with Crippen LogP contribution in [0.15, 0.2) is 23.4 Å². The van der Waals surface area contributed by atoms with Crippen molar-refractivity contribution in [2.24, 2.45) is 5.41 Å². The molecule has 0 radical (unpaired) electrons. The lowest BCUT2D eigenvalue weighted by Crippen LogP contribution is -2.31. The Hall–Kier alpha value is -2.87. The molecule has 0 saturated carbocycles. The molecule has 1 aromatic carbocycles. The predicted molar refractivity (Wildman–Crippen MR) is 121 cm³/mol. The largest absolute Gasteiger partial charge is 0.609 e. The maximum Gasteiger partial charge on any atom is 0.346 e. The minimum absolute atomic E-state index is 0.0504. The number of carbonyl (C=O) groups is 1. The van der Waals surface area contributed by atoms with E-state index in [4.69, 9.17) is 0 Å². The smallest absolute Gasteiger partial charge is 0.346 e. The average molecular weight is 445 g/mol. The van der Waals surface area contributed by atoms with Gasteiger partial charge in [0.05, 0.1) is 7.11 Å². The van der Waals surface area contributed by atoms with E-state index in [1.807, 2.05) is 18.9 Å². The highest BCUT2D eigenvalue weighted by molar-refractivity contribution is 7.90. The molecule has 9 nitrogen and oxygen atoms in total. The third-order valence-electron chi connectivity index (χ3n) is 4.26. The van der Waals surface area contributed by atoms with E-state index in [0.717, 1.165) is 5.56 Å². The number of hydrogen-bond acceptors (Lipinski definition) is 8. The van der Waals surface area contributed by atoms with Crippen LogP contribution in [0.4, 0.5) is 17.3 Å². The van der Waals surface area contributed by atoms with Gasteiger partial charge in [0.1, 0.15) is 17.9 Å². The fraction of sp³-hybridized carbons (Fsp3) is 0.429. The van der Waals surface area contributed by atoms with E-state index in [9.17, 15) is 14.6 Å². The lowest BCUT2D eigenvalue weighted by molar-refractivity contribution is 0.0537. The van der Waals surface area contributed by atoms with Crippen molar-refractivity contribution in [1.82, 2.24) is 15.4 Å². The fourth-order valence-corrected chi connectivity index (χ4v) is 3.43. The van der Waals surface area contributed by atoms with Crippen molar-refractivity contribution in [3.05, 3.63) is 34.9 Å². The van der Waals surface area contributed by atoms with Crippen LogP contribution in [0.2, 0.25) is 0 Å². The molecule has 1 unspecified atom stereocenters. The van der Waals surface area contributed by atoms with Crippen molar-refractivity contribution in [2.45, 2.75) is 32.9 Å². The van der Waals surface area contributed by atoms with Crippen molar-refractivity contribution in [2.75, 3.05) is 37.2 Å². The number of nitrogens with one attached hydrogen (secondary N) is 2. The molecule has 1 atom stereocenters. The van der Waals surface area contributed by atoms with Gasteiger partial charge < -0.3 is 14.8 Å². The van der Waals surface area contributed by atoms with Crippen molar-refractivity contribution >= 4 is 34.4 Å². The Morgan fingerprint density at radius 3 is 2.58 bits per heavy atom. The van der Waals surface area contributed by atoms with Crippen LogP contribution < -0.4 is 15.7 Å². The molecule has 1 amide bonds. The van der Waals surface area contributed by atoms with E-state index < -0.39 is 17.1 Å². The van der Waals surface area contributed by atoms with E-state index in [0.29, 0.717) is 23.6 Å². The molecule has 2 rings (SSSR count). The maximum atomic E-state index is 12.2. The summed E-state index contributed by atoms with van der Waals surface area (Å²) in [5.41, 5.74) is 4.23. The van der Waals surface area contributed by atoms with Gasteiger partial charge in [-0.1, -0.05) is 26.8 Å². The first-order chi connectivity index (χ1) is 14.5. The number of benzene rings is 1. The molecule has 10 heteroatoms. The number of anilines is 3. The van der Waals surface area contributed by atoms with Gasteiger partial charge in [0, 0.05) is 36.0 Å². The van der Waals surface area contributed by atoms with Crippen LogP contribution >= 0.6 is 0 Å². The Morgan fingerprint density at radius 2 is 2.03 bits per heavy atom. The van der Waals surface area contributed by atoms with Crippen molar-refractivity contribution in [3.8, 4) is 6.07 Å². The number of amides is 1. The van der Waals surface area contributed by atoms with Crippen LogP contribution in [0.1, 0.15) is 42.3 Å². The van der Waals surface area contributed by atoms with Crippen LogP contribution in [0.3, 0.4) is 0 Å². The predicted octanol–water partition coefficient (Wildman–Crippen LogP) is 2.91. The molecule has 0 aliphatic rings. The van der Waals surface area contributed by atoms with E-state index >= 15 is 0 Å². The first-order valence-corrected chi connectivity index (χ1v) is 11.1. The highest BCUT2D eigenvalue weighted by Crippen LogP contribution is 2.30. The van der Waals surface area contributed by atoms with E-state index in [1.165, 1.54) is 13.4 Å². The van der Waals surface area contributed by atoms with Gasteiger partial charge >= 0.3 is 5.16 Å². The fourth-order valence-electron chi connectivity index (χ4n) is 2.99. The van der Waals surface area contributed by atoms with Crippen LogP contribution in [0.5, 0.6) is 0 Å². The number of hydroxylamine groups is 1. The Kier molecular flexibility index (Phi) is 7.84. The summed E-state index contributed by atoms with van der Waals surface area (Å²) in [5.74, 6) is 0.214. The normalized spacial score (nSPS) is 12.1. The molecule has 31 heavy (non-hydrogen) atoms. The SMILES string of the molecule is CONC(=O)c1ccc(C)c(Nc2nc([S+](C)[O-])nc(N(C)CC(C)(C)C)c2C#N)c1. The van der Waals surface area contributed by atoms with Gasteiger partial charge in [0.25, 0.3) is 5.91 Å². The summed E-state index contributed by atoms with van der Waals surface area (Å²) in [5, 5.41) is 13.1. The zero-order valence-electron chi connectivity index (χ0n) is 18.9. The molecule has 0 spiro atoms. The molecule has 1 heterocycles. The second-order valence-corrected chi connectivity index (χ2v) is 9.60. The number of nitrogens with zero attached hydrogens (tertiary/aromatic N) is 4. The van der Waals surface area contributed by atoms with Crippen molar-refractivity contribution in [3.63, 3.8) is 0 Å². The number of hydrogen-bond donors (Lipinski definition) is 2. The third-order valence-corrected chi connectivity index (χ3v) is 4.96. The van der Waals surface area contributed by atoms with E-state index in [-0.39, 0.29) is 22.0 Å². The zero-order valence-corrected chi connectivity index (χ0v) is 19.7. The third kappa shape index (κ3) is 6.30. The Bertz CT molecular complexity index is 998. The van der Waals surface area contributed by atoms with Gasteiger partial charge in [0.2, 0.25) is 0 Å². The molecule has 0 bridgehead atoms. The Morgan fingerprint density at radius 1 is 1.35 bits per heavy atom. The second-order valence-electron chi connectivity index (χ2n) is 8.33. The van der Waals surface area contributed by atoms with Gasteiger partial charge in [-0.15, -0.1) is 0 Å². The van der Waals surface area contributed by atoms with E-state index in [2.05, 4.69) is 52.4 Å². The standard InChI is InChI=1S/C21H28N6O3S/c1-13-8-9-14(19(28)26-30-6)10-16(13)23-17-15(11-22)18(25-20(24-17)31(7)29)27(5)12-21(2,3)4/h8-10H,12H2,1-7H3,(H,26,28)(H,23,24,25). The van der Waals surface area contributed by atoms with Gasteiger partial charge in [0.15, 0.2) is 11.6 Å². The average Bonchev–Trinajstić information content (AvgIpc) is 2.67. The molecular formula is C21H28N6O3S. The second kappa shape index (κ2) is 9.96. The van der Waals surface area contributed by atoms with Crippen LogP contribution in [0, 0.1) is 23.7 Å². The van der Waals surface area contributed by atoms with Gasteiger partial charge in [-0.3, -0.25) is 9.63 Å². The highest BCUT2D eigenvalue weighted by atomic mass is 32.2. The maximum absolute atomic E-state index is 12.2. The summed E-state index contributed by atoms with van der Waals surface area (Å²) in [4.78, 5) is 27.4. The first-order valence-electron chi connectivity index (χ1n) is 9.54. The molecule has 0 aliphatic carbocycles. The molecule has 166 valence electrons. The summed E-state index contributed by atoms with van der Waals surface area (Å²) in [7, 11) is 3.19. The van der Waals surface area contributed by atoms with Crippen LogP contribution in [0.25, 0.3) is 0 Å². The monoisotopic (exact) mass is 444 g/mol. The van der Waals surface area contributed by atoms with Crippen molar-refractivity contribution in [1.29, 1.82) is 5.26 Å². The summed E-state index contributed by atoms with van der Waals surface area (Å²) in [6.45, 7) is 8.72. The number of rotatable bonds is 7. The summed E-state index contributed by atoms with van der Waals surface area (Å²) in [6, 6.07) is 7.23. The minimum Gasteiger partial charge on any atom is -0.609 e. The zero-order chi connectivity index (χ0) is 23.3. The molecule has 2 N–H and O–H groups in total. The van der Waals surface area contributed by atoms with Gasteiger partial charge in [-0.05, 0) is 30.0 Å². The van der Waals surface area contributed by atoms with Crippen LogP contribution in [-0.2, 0) is 16.0 Å². The lowest BCUT2D eigenvalue weighted by Gasteiger charge is -2.28. The van der Waals surface area contributed by atoms with E-state index in [1.54, 1.807) is 18.2 Å². The van der Waals surface area contributed by atoms with Crippen molar-refractivity contribution < 1.29 is 14.2 Å². The quantitative estimate of drug-likeness (QED) is 0.379. The Balaban J connectivity index is 2.57. The number of aryl methyl sites for hydroxylation is 1. The molecule has 0 aliphatic heterocycles. The number of aromatic nitrogens is 2.